The second kappa shape index (κ2) is 4.90. The number of rotatable bonds is 2. The lowest BCUT2D eigenvalue weighted by Gasteiger charge is -2.26. The summed E-state index contributed by atoms with van der Waals surface area (Å²) in [6.07, 6.45) is -4.62. The highest BCUT2D eigenvalue weighted by Gasteiger charge is 2.35. The quantitative estimate of drug-likeness (QED) is 0.859. The van der Waals surface area contributed by atoms with Crippen LogP contribution in [0.4, 0.5) is 18.9 Å². The van der Waals surface area contributed by atoms with E-state index >= 15 is 0 Å². The zero-order valence-electron chi connectivity index (χ0n) is 9.71. The Bertz CT molecular complexity index is 544. The predicted octanol–water partition coefficient (Wildman–Crippen LogP) is 1.73. The summed E-state index contributed by atoms with van der Waals surface area (Å²) in [5.74, 6) is -0.759. The van der Waals surface area contributed by atoms with Crippen LogP contribution in [0.15, 0.2) is 18.2 Å². The van der Waals surface area contributed by atoms with Crippen LogP contribution in [0.2, 0.25) is 0 Å². The van der Waals surface area contributed by atoms with Gasteiger partial charge in [-0.25, -0.2) is 0 Å². The van der Waals surface area contributed by atoms with Gasteiger partial charge >= 0.3 is 6.18 Å². The van der Waals surface area contributed by atoms with Gasteiger partial charge in [-0.3, -0.25) is 4.79 Å². The maximum atomic E-state index is 12.8. The van der Waals surface area contributed by atoms with Gasteiger partial charge in [0.1, 0.15) is 0 Å². The van der Waals surface area contributed by atoms with E-state index in [1.807, 2.05) is 0 Å². The van der Waals surface area contributed by atoms with Crippen LogP contribution >= 0.6 is 0 Å². The van der Waals surface area contributed by atoms with E-state index in [9.17, 15) is 18.0 Å². The number of halogens is 3. The monoisotopic (exact) mass is 269 g/mol. The Hall–Kier alpha value is -2.07. The number of nitrogens with zero attached hydrogens (tertiary/aromatic N) is 1. The highest BCUT2D eigenvalue weighted by molar-refractivity contribution is 5.94. The predicted molar refractivity (Wildman–Crippen MR) is 61.1 cm³/mol. The Labute approximate surface area is 107 Å². The molecular weight excluding hydrogens is 259 g/mol. The molecule has 0 bridgehead atoms. The van der Waals surface area contributed by atoms with Crippen LogP contribution in [0.1, 0.15) is 11.1 Å². The molecule has 0 aromatic heterocycles. The molecule has 1 aliphatic heterocycles. The lowest BCUT2D eigenvalue weighted by atomic mass is 10.0. The fraction of sp³-hybridized carbons (Fsp3) is 0.333. The van der Waals surface area contributed by atoms with Crippen molar-refractivity contribution in [1.29, 1.82) is 5.26 Å². The molecule has 0 spiro atoms. The molecule has 1 heterocycles. The Kier molecular flexibility index (Phi) is 3.44. The second-order valence-electron chi connectivity index (χ2n) is 4.21. The van der Waals surface area contributed by atoms with Gasteiger partial charge in [0.25, 0.3) is 0 Å². The average Bonchev–Trinajstić information content (AvgIpc) is 2.25. The van der Waals surface area contributed by atoms with Crippen molar-refractivity contribution in [2.75, 3.05) is 18.4 Å². The van der Waals surface area contributed by atoms with Crippen molar-refractivity contribution >= 4 is 11.6 Å². The van der Waals surface area contributed by atoms with Crippen LogP contribution in [0.5, 0.6) is 0 Å². The first-order valence-electron chi connectivity index (χ1n) is 5.54. The van der Waals surface area contributed by atoms with Crippen molar-refractivity contribution in [2.24, 2.45) is 5.92 Å². The molecule has 1 fully saturated rings. The number of carbonyl (C=O) groups excluding carboxylic acids is 1. The molecule has 19 heavy (non-hydrogen) atoms. The standard InChI is InChI=1S/C12H10F3N3O/c13-12(14,15)9-3-7(4-16)1-2-10(9)18-11(19)8-5-17-6-8/h1-3,8,17H,5-6H2,(H,18,19). The number of nitriles is 1. The van der Waals surface area contributed by atoms with E-state index in [1.165, 1.54) is 6.07 Å². The van der Waals surface area contributed by atoms with Gasteiger partial charge < -0.3 is 10.6 Å². The van der Waals surface area contributed by atoms with E-state index in [0.29, 0.717) is 13.1 Å². The summed E-state index contributed by atoms with van der Waals surface area (Å²) in [6.45, 7) is 0.924. The Morgan fingerprint density at radius 1 is 1.42 bits per heavy atom. The highest BCUT2D eigenvalue weighted by atomic mass is 19.4. The van der Waals surface area contributed by atoms with E-state index in [-0.39, 0.29) is 17.2 Å². The SMILES string of the molecule is N#Cc1ccc(NC(=O)C2CNC2)c(C(F)(F)F)c1. The van der Waals surface area contributed by atoms with Crippen molar-refractivity contribution < 1.29 is 18.0 Å². The van der Waals surface area contributed by atoms with E-state index < -0.39 is 17.6 Å². The number of alkyl halides is 3. The van der Waals surface area contributed by atoms with Crippen LogP contribution in [0.3, 0.4) is 0 Å². The highest BCUT2D eigenvalue weighted by Crippen LogP contribution is 2.35. The number of amides is 1. The van der Waals surface area contributed by atoms with E-state index in [2.05, 4.69) is 10.6 Å². The summed E-state index contributed by atoms with van der Waals surface area (Å²) in [4.78, 5) is 11.6. The van der Waals surface area contributed by atoms with Crippen LogP contribution < -0.4 is 10.6 Å². The molecule has 1 aromatic carbocycles. The van der Waals surface area contributed by atoms with Crippen molar-refractivity contribution in [3.63, 3.8) is 0 Å². The van der Waals surface area contributed by atoms with Crippen molar-refractivity contribution in [2.45, 2.75) is 6.18 Å². The summed E-state index contributed by atoms with van der Waals surface area (Å²) < 4.78 is 38.5. The van der Waals surface area contributed by atoms with E-state index in [0.717, 1.165) is 12.1 Å². The largest absolute Gasteiger partial charge is 0.418 e. The number of hydrogen-bond donors (Lipinski definition) is 2. The Morgan fingerprint density at radius 2 is 2.11 bits per heavy atom. The first kappa shape index (κ1) is 13.4. The van der Waals surface area contributed by atoms with Crippen LogP contribution in [-0.4, -0.2) is 19.0 Å². The molecule has 7 heteroatoms. The molecule has 2 rings (SSSR count). The van der Waals surface area contributed by atoms with E-state index in [1.54, 1.807) is 6.07 Å². The van der Waals surface area contributed by atoms with Crippen LogP contribution in [0.25, 0.3) is 0 Å². The summed E-state index contributed by atoms with van der Waals surface area (Å²) in [7, 11) is 0. The molecule has 0 unspecified atom stereocenters. The van der Waals surface area contributed by atoms with Gasteiger partial charge in [0.05, 0.1) is 28.8 Å². The molecule has 0 radical (unpaired) electrons. The summed E-state index contributed by atoms with van der Waals surface area (Å²) in [5, 5.41) is 13.7. The maximum Gasteiger partial charge on any atom is 0.418 e. The van der Waals surface area contributed by atoms with Crippen molar-refractivity contribution in [3.05, 3.63) is 29.3 Å². The van der Waals surface area contributed by atoms with Gasteiger partial charge in [-0.15, -0.1) is 0 Å². The van der Waals surface area contributed by atoms with Gasteiger partial charge in [-0.05, 0) is 18.2 Å². The zero-order valence-corrected chi connectivity index (χ0v) is 9.71. The fourth-order valence-electron chi connectivity index (χ4n) is 1.67. The molecule has 4 nitrogen and oxygen atoms in total. The number of nitrogens with one attached hydrogen (secondary N) is 2. The smallest absolute Gasteiger partial charge is 0.325 e. The fourth-order valence-corrected chi connectivity index (χ4v) is 1.67. The van der Waals surface area contributed by atoms with Gasteiger partial charge in [-0.1, -0.05) is 0 Å². The minimum Gasteiger partial charge on any atom is -0.325 e. The lowest BCUT2D eigenvalue weighted by molar-refractivity contribution is -0.137. The maximum absolute atomic E-state index is 12.8. The average molecular weight is 269 g/mol. The minimum atomic E-state index is -4.62. The third-order valence-corrected chi connectivity index (χ3v) is 2.86. The topological polar surface area (TPSA) is 64.9 Å². The molecule has 1 amide bonds. The second-order valence-corrected chi connectivity index (χ2v) is 4.21. The number of carbonyl (C=O) groups is 1. The molecule has 1 aromatic rings. The number of hydrogen-bond acceptors (Lipinski definition) is 3. The zero-order chi connectivity index (χ0) is 14.0. The first-order valence-corrected chi connectivity index (χ1v) is 5.54. The molecule has 0 aliphatic carbocycles. The summed E-state index contributed by atoms with van der Waals surface area (Å²) >= 11 is 0. The molecule has 1 saturated heterocycles. The van der Waals surface area contributed by atoms with Crippen LogP contribution in [0, 0.1) is 17.2 Å². The number of anilines is 1. The van der Waals surface area contributed by atoms with Crippen molar-refractivity contribution in [3.8, 4) is 6.07 Å². The third kappa shape index (κ3) is 2.85. The van der Waals surface area contributed by atoms with Gasteiger partial charge in [0.2, 0.25) is 5.91 Å². The minimum absolute atomic E-state index is 0.101. The van der Waals surface area contributed by atoms with Crippen molar-refractivity contribution in [1.82, 2.24) is 5.32 Å². The van der Waals surface area contributed by atoms with Gasteiger partial charge in [0.15, 0.2) is 0 Å². The Morgan fingerprint density at radius 3 is 2.58 bits per heavy atom. The lowest BCUT2D eigenvalue weighted by Crippen LogP contribution is -2.48. The first-order chi connectivity index (χ1) is 8.91. The Balaban J connectivity index is 2.28. The molecular formula is C12H10F3N3O. The normalized spacial score (nSPS) is 15.5. The third-order valence-electron chi connectivity index (χ3n) is 2.86. The van der Waals surface area contributed by atoms with Gasteiger partial charge in [0, 0.05) is 13.1 Å². The van der Waals surface area contributed by atoms with Crippen LogP contribution in [-0.2, 0) is 11.0 Å². The summed E-state index contributed by atoms with van der Waals surface area (Å²) in [6, 6.07) is 4.72. The molecule has 1 aliphatic rings. The molecule has 0 atom stereocenters. The molecule has 0 saturated carbocycles. The summed E-state index contributed by atoms with van der Waals surface area (Å²) in [5.41, 5.74) is -1.42. The number of benzene rings is 1. The molecule has 100 valence electrons. The van der Waals surface area contributed by atoms with E-state index in [4.69, 9.17) is 5.26 Å². The molecule has 2 N–H and O–H groups in total. The van der Waals surface area contributed by atoms with Gasteiger partial charge in [-0.2, -0.15) is 18.4 Å².